The topological polar surface area (TPSA) is 64.6 Å². The Bertz CT molecular complexity index is 807. The molecule has 25 heavy (non-hydrogen) atoms. The number of amides is 1. The van der Waals surface area contributed by atoms with E-state index in [-0.39, 0.29) is 12.2 Å². The van der Waals surface area contributed by atoms with Crippen molar-refractivity contribution in [2.24, 2.45) is 0 Å². The first-order chi connectivity index (χ1) is 11.9. The number of cyclic esters (lactones) is 1. The number of hydrogen-bond donors (Lipinski definition) is 1. The van der Waals surface area contributed by atoms with Gasteiger partial charge in [-0.1, -0.05) is 18.2 Å². The maximum absolute atomic E-state index is 12.6. The molecule has 5 nitrogen and oxygen atoms in total. The third-order valence-corrected chi connectivity index (χ3v) is 3.90. The minimum atomic E-state index is -2.92. The first-order valence-corrected chi connectivity index (χ1v) is 7.55. The molecule has 0 fully saturated rings. The van der Waals surface area contributed by atoms with Gasteiger partial charge in [0.15, 0.2) is 5.60 Å². The molecule has 0 saturated carbocycles. The fourth-order valence-electron chi connectivity index (χ4n) is 2.64. The van der Waals surface area contributed by atoms with Crippen LogP contribution in [0.4, 0.5) is 14.5 Å². The van der Waals surface area contributed by atoms with Crippen molar-refractivity contribution in [1.82, 2.24) is 0 Å². The Morgan fingerprint density at radius 2 is 1.88 bits per heavy atom. The molecule has 1 amide bonds. The lowest BCUT2D eigenvalue weighted by molar-refractivity contribution is -0.134. The van der Waals surface area contributed by atoms with Crippen molar-refractivity contribution in [2.75, 3.05) is 5.32 Å². The number of carbonyl (C=O) groups excluding carboxylic acids is 2. The van der Waals surface area contributed by atoms with Gasteiger partial charge in [-0.3, -0.25) is 4.79 Å². The van der Waals surface area contributed by atoms with Gasteiger partial charge in [-0.05, 0) is 42.8 Å². The first kappa shape index (κ1) is 16.9. The summed E-state index contributed by atoms with van der Waals surface area (Å²) in [6.07, 6.45) is 0.243. The quantitative estimate of drug-likeness (QED) is 0.861. The summed E-state index contributed by atoms with van der Waals surface area (Å²) >= 11 is 0. The number of rotatable bonds is 4. The fraction of sp³-hybridized carbons (Fsp3) is 0.222. The summed E-state index contributed by atoms with van der Waals surface area (Å²) in [6, 6.07) is 12.4. The molecule has 1 heterocycles. The number of anilines is 1. The summed E-state index contributed by atoms with van der Waals surface area (Å²) in [4.78, 5) is 24.7. The molecule has 130 valence electrons. The van der Waals surface area contributed by atoms with Crippen molar-refractivity contribution in [3.63, 3.8) is 0 Å². The molecule has 1 unspecified atom stereocenters. The lowest BCUT2D eigenvalue weighted by Gasteiger charge is -2.33. The van der Waals surface area contributed by atoms with Gasteiger partial charge in [0, 0.05) is 12.1 Å². The van der Waals surface area contributed by atoms with Gasteiger partial charge in [0.05, 0.1) is 5.56 Å². The molecule has 0 radical (unpaired) electrons. The van der Waals surface area contributed by atoms with Gasteiger partial charge < -0.3 is 14.8 Å². The summed E-state index contributed by atoms with van der Waals surface area (Å²) in [5, 5.41) is 2.62. The van der Waals surface area contributed by atoms with Crippen LogP contribution in [0.25, 0.3) is 0 Å². The molecule has 2 aromatic rings. The summed E-state index contributed by atoms with van der Waals surface area (Å²) in [6.45, 7) is -1.38. The van der Waals surface area contributed by atoms with Gasteiger partial charge in [-0.15, -0.1) is 0 Å². The Labute approximate surface area is 142 Å². The van der Waals surface area contributed by atoms with E-state index in [0.29, 0.717) is 11.3 Å². The summed E-state index contributed by atoms with van der Waals surface area (Å²) in [7, 11) is 0. The minimum absolute atomic E-state index is 0.0165. The highest BCUT2D eigenvalue weighted by Gasteiger charge is 2.42. The molecule has 0 bridgehead atoms. The van der Waals surface area contributed by atoms with E-state index in [1.807, 2.05) is 0 Å². The van der Waals surface area contributed by atoms with E-state index in [0.717, 1.165) is 5.56 Å². The first-order valence-electron chi connectivity index (χ1n) is 7.55. The average molecular weight is 347 g/mol. The number of benzene rings is 2. The van der Waals surface area contributed by atoms with Crippen molar-refractivity contribution < 1.29 is 27.8 Å². The monoisotopic (exact) mass is 347 g/mol. The SMILES string of the molecule is CC1(C(=O)Nc2ccc(OC(F)F)cc2)Cc2ccccc2C(=O)O1. The number of ether oxygens (including phenoxy) is 2. The van der Waals surface area contributed by atoms with Gasteiger partial charge >= 0.3 is 12.6 Å². The molecule has 0 spiro atoms. The van der Waals surface area contributed by atoms with Crippen molar-refractivity contribution >= 4 is 17.6 Å². The molecule has 0 aliphatic carbocycles. The zero-order valence-corrected chi connectivity index (χ0v) is 13.3. The van der Waals surface area contributed by atoms with Crippen molar-refractivity contribution in [2.45, 2.75) is 25.6 Å². The molecule has 2 aromatic carbocycles. The number of carbonyl (C=O) groups is 2. The van der Waals surface area contributed by atoms with Crippen LogP contribution < -0.4 is 10.1 Å². The van der Waals surface area contributed by atoms with Crippen LogP contribution >= 0.6 is 0 Å². The van der Waals surface area contributed by atoms with Crippen LogP contribution in [-0.4, -0.2) is 24.1 Å². The van der Waals surface area contributed by atoms with Gasteiger partial charge in [0.2, 0.25) is 0 Å². The lowest BCUT2D eigenvalue weighted by atomic mass is 9.89. The fourth-order valence-corrected chi connectivity index (χ4v) is 2.64. The molecular weight excluding hydrogens is 332 g/mol. The molecule has 1 aliphatic rings. The smallest absolute Gasteiger partial charge is 0.387 e. The lowest BCUT2D eigenvalue weighted by Crippen LogP contribution is -2.48. The van der Waals surface area contributed by atoms with Gasteiger partial charge in [0.25, 0.3) is 5.91 Å². The zero-order valence-electron chi connectivity index (χ0n) is 13.3. The molecular formula is C18H15F2NO4. The highest BCUT2D eigenvalue weighted by Crippen LogP contribution is 2.29. The van der Waals surface area contributed by atoms with Crippen LogP contribution in [0.3, 0.4) is 0 Å². The highest BCUT2D eigenvalue weighted by molar-refractivity contribution is 6.02. The molecule has 1 aliphatic heterocycles. The Morgan fingerprint density at radius 3 is 2.56 bits per heavy atom. The van der Waals surface area contributed by atoms with E-state index in [2.05, 4.69) is 10.1 Å². The van der Waals surface area contributed by atoms with Crippen LogP contribution in [0.1, 0.15) is 22.8 Å². The Balaban J connectivity index is 1.74. The number of halogens is 2. The largest absolute Gasteiger partial charge is 0.445 e. The minimum Gasteiger partial charge on any atom is -0.445 e. The Hall–Kier alpha value is -2.96. The second kappa shape index (κ2) is 6.51. The zero-order chi connectivity index (χ0) is 18.0. The van der Waals surface area contributed by atoms with E-state index in [4.69, 9.17) is 4.74 Å². The second-order valence-corrected chi connectivity index (χ2v) is 5.81. The standard InChI is InChI=1S/C18H15F2NO4/c1-18(10-11-4-2-3-5-14(11)15(22)25-18)16(23)21-12-6-8-13(9-7-12)24-17(19)20/h2-9,17H,10H2,1H3,(H,21,23). The number of fused-ring (bicyclic) bond motifs is 1. The van der Waals surface area contributed by atoms with Gasteiger partial charge in [-0.25, -0.2) is 4.79 Å². The average Bonchev–Trinajstić information content (AvgIpc) is 2.56. The predicted octanol–water partition coefficient (Wildman–Crippen LogP) is 3.40. The summed E-state index contributed by atoms with van der Waals surface area (Å²) < 4.78 is 33.9. The van der Waals surface area contributed by atoms with E-state index in [1.165, 1.54) is 31.2 Å². The highest BCUT2D eigenvalue weighted by atomic mass is 19.3. The van der Waals surface area contributed by atoms with E-state index in [1.54, 1.807) is 24.3 Å². The molecule has 1 N–H and O–H groups in total. The van der Waals surface area contributed by atoms with Crippen LogP contribution in [-0.2, 0) is 16.0 Å². The maximum atomic E-state index is 12.6. The van der Waals surface area contributed by atoms with Gasteiger partial charge in [-0.2, -0.15) is 8.78 Å². The van der Waals surface area contributed by atoms with E-state index in [9.17, 15) is 18.4 Å². The molecule has 7 heteroatoms. The third kappa shape index (κ3) is 3.60. The van der Waals surface area contributed by atoms with E-state index < -0.39 is 24.1 Å². The van der Waals surface area contributed by atoms with E-state index >= 15 is 0 Å². The number of esters is 1. The second-order valence-electron chi connectivity index (χ2n) is 5.81. The van der Waals surface area contributed by atoms with Gasteiger partial charge in [0.1, 0.15) is 5.75 Å². The number of nitrogens with one attached hydrogen (secondary N) is 1. The van der Waals surface area contributed by atoms with Crippen molar-refractivity contribution in [1.29, 1.82) is 0 Å². The number of hydrogen-bond acceptors (Lipinski definition) is 4. The Morgan fingerprint density at radius 1 is 1.20 bits per heavy atom. The summed E-state index contributed by atoms with van der Waals surface area (Å²) in [5.41, 5.74) is 0.199. The summed E-state index contributed by atoms with van der Waals surface area (Å²) in [5.74, 6) is -1.07. The molecule has 3 rings (SSSR count). The molecule has 0 saturated heterocycles. The van der Waals surface area contributed by atoms with Crippen molar-refractivity contribution in [3.05, 3.63) is 59.7 Å². The Kier molecular flexibility index (Phi) is 4.39. The third-order valence-electron chi connectivity index (χ3n) is 3.90. The normalized spacial score (nSPS) is 19.1. The van der Waals surface area contributed by atoms with Crippen LogP contribution in [0.5, 0.6) is 5.75 Å². The van der Waals surface area contributed by atoms with Crippen molar-refractivity contribution in [3.8, 4) is 5.75 Å². The molecule has 1 atom stereocenters. The van der Waals surface area contributed by atoms with Crippen LogP contribution in [0, 0.1) is 0 Å². The predicted molar refractivity (Wildman–Crippen MR) is 85.7 cm³/mol. The molecule has 0 aromatic heterocycles. The van der Waals surface area contributed by atoms with Crippen LogP contribution in [0.15, 0.2) is 48.5 Å². The number of alkyl halides is 2. The maximum Gasteiger partial charge on any atom is 0.387 e. The van der Waals surface area contributed by atoms with Crippen LogP contribution in [0.2, 0.25) is 0 Å².